The van der Waals surface area contributed by atoms with E-state index in [9.17, 15) is 0 Å². The Morgan fingerprint density at radius 1 is 1.29 bits per heavy atom. The number of hydrogen-bond acceptors (Lipinski definition) is 5. The van der Waals surface area contributed by atoms with Crippen molar-refractivity contribution in [2.24, 2.45) is 0 Å². The first-order chi connectivity index (χ1) is 9.85. The maximum absolute atomic E-state index is 4.78. The molecule has 5 heteroatoms. The maximum Gasteiger partial charge on any atom is 0.146 e. The van der Waals surface area contributed by atoms with Gasteiger partial charge in [0.1, 0.15) is 5.82 Å². The van der Waals surface area contributed by atoms with Crippen LogP contribution in [0.5, 0.6) is 0 Å². The molecule has 1 aromatic rings. The smallest absolute Gasteiger partial charge is 0.146 e. The Hall–Kier alpha value is -1.04. The molecule has 1 aliphatic heterocycles. The Morgan fingerprint density at radius 2 is 2.05 bits per heavy atom. The number of likely N-dealkylation sites (N-methyl/N-ethyl adjacent to an activating group) is 2. The molecule has 0 amide bonds. The van der Waals surface area contributed by atoms with E-state index in [0.717, 1.165) is 37.7 Å². The molecular formula is C16H29N5. The van der Waals surface area contributed by atoms with E-state index in [1.54, 1.807) is 0 Å². The minimum Gasteiger partial charge on any atom is -0.306 e. The molecule has 0 spiro atoms. The van der Waals surface area contributed by atoms with Gasteiger partial charge < -0.3 is 10.2 Å². The molecule has 1 unspecified atom stereocenters. The highest BCUT2D eigenvalue weighted by molar-refractivity contribution is 5.06. The van der Waals surface area contributed by atoms with E-state index < -0.39 is 0 Å². The lowest BCUT2D eigenvalue weighted by atomic mass is 10.1. The topological polar surface area (TPSA) is 44.3 Å². The lowest BCUT2D eigenvalue weighted by Gasteiger charge is -2.26. The van der Waals surface area contributed by atoms with Gasteiger partial charge in [-0.25, -0.2) is 9.97 Å². The maximum atomic E-state index is 4.78. The summed E-state index contributed by atoms with van der Waals surface area (Å²) in [6, 6.07) is 2.29. The average Bonchev–Trinajstić information content (AvgIpc) is 2.58. The predicted octanol–water partition coefficient (Wildman–Crippen LogP) is 1.67. The van der Waals surface area contributed by atoms with Gasteiger partial charge in [0, 0.05) is 24.8 Å². The Labute approximate surface area is 128 Å². The van der Waals surface area contributed by atoms with Gasteiger partial charge in [-0.1, -0.05) is 0 Å². The highest BCUT2D eigenvalue weighted by Crippen LogP contribution is 2.20. The third-order valence-electron chi connectivity index (χ3n) is 3.90. The fourth-order valence-electron chi connectivity index (χ4n) is 2.58. The molecule has 2 rings (SSSR count). The van der Waals surface area contributed by atoms with Crippen LogP contribution in [-0.4, -0.2) is 59.0 Å². The van der Waals surface area contributed by atoms with Crippen LogP contribution in [0.3, 0.4) is 0 Å². The summed E-state index contributed by atoms with van der Waals surface area (Å²) >= 11 is 0. The fraction of sp³-hybridized carbons (Fsp3) is 0.750. The van der Waals surface area contributed by atoms with E-state index in [2.05, 4.69) is 55.0 Å². The van der Waals surface area contributed by atoms with Crippen molar-refractivity contribution in [3.63, 3.8) is 0 Å². The summed E-state index contributed by atoms with van der Waals surface area (Å²) in [5, 5.41) is 3.49. The van der Waals surface area contributed by atoms with Gasteiger partial charge in [0.2, 0.25) is 0 Å². The van der Waals surface area contributed by atoms with Crippen LogP contribution < -0.4 is 5.32 Å². The molecule has 1 N–H and O–H groups in total. The number of hydrogen-bond donors (Lipinski definition) is 1. The molecule has 1 aliphatic rings. The molecule has 5 nitrogen and oxygen atoms in total. The van der Waals surface area contributed by atoms with Gasteiger partial charge in [-0.15, -0.1) is 0 Å². The first kappa shape index (κ1) is 16.3. The minimum absolute atomic E-state index is 0.102. The van der Waals surface area contributed by atoms with Crippen LogP contribution in [0.4, 0.5) is 0 Å². The third kappa shape index (κ3) is 5.02. The van der Waals surface area contributed by atoms with Gasteiger partial charge in [-0.2, -0.15) is 0 Å². The van der Waals surface area contributed by atoms with Crippen LogP contribution in [0.15, 0.2) is 12.3 Å². The normalized spacial score (nSPS) is 22.2. The molecule has 0 aromatic carbocycles. The molecule has 1 saturated heterocycles. The van der Waals surface area contributed by atoms with Crippen molar-refractivity contribution in [1.82, 2.24) is 25.1 Å². The Balaban J connectivity index is 2.11. The Bertz CT molecular complexity index is 454. The molecule has 1 atom stereocenters. The van der Waals surface area contributed by atoms with E-state index in [-0.39, 0.29) is 11.6 Å². The van der Waals surface area contributed by atoms with Crippen molar-refractivity contribution < 1.29 is 0 Å². The molecule has 118 valence electrons. The van der Waals surface area contributed by atoms with E-state index in [4.69, 9.17) is 4.98 Å². The monoisotopic (exact) mass is 291 g/mol. The van der Waals surface area contributed by atoms with Crippen molar-refractivity contribution in [1.29, 1.82) is 0 Å². The lowest BCUT2D eigenvalue weighted by Crippen LogP contribution is -2.36. The zero-order chi connectivity index (χ0) is 15.5. The zero-order valence-electron chi connectivity index (χ0n) is 14.1. The van der Waals surface area contributed by atoms with Gasteiger partial charge in [-0.05, 0) is 60.4 Å². The molecule has 1 fully saturated rings. The van der Waals surface area contributed by atoms with Crippen molar-refractivity contribution >= 4 is 0 Å². The predicted molar refractivity (Wildman–Crippen MR) is 86.1 cm³/mol. The summed E-state index contributed by atoms with van der Waals surface area (Å²) < 4.78 is 0. The summed E-state index contributed by atoms with van der Waals surface area (Å²) in [6.07, 6.45) is 3.09. The van der Waals surface area contributed by atoms with E-state index in [1.807, 2.05) is 12.3 Å². The zero-order valence-corrected chi connectivity index (χ0v) is 14.1. The van der Waals surface area contributed by atoms with Gasteiger partial charge in [0.05, 0.1) is 11.7 Å². The van der Waals surface area contributed by atoms with E-state index in [0.29, 0.717) is 0 Å². The van der Waals surface area contributed by atoms with Crippen LogP contribution in [0.1, 0.15) is 44.8 Å². The highest BCUT2D eigenvalue weighted by atomic mass is 15.2. The van der Waals surface area contributed by atoms with E-state index in [1.165, 1.54) is 6.42 Å². The summed E-state index contributed by atoms with van der Waals surface area (Å²) in [7, 11) is 4.35. The number of nitrogens with zero attached hydrogens (tertiary/aromatic N) is 4. The molecule has 1 aromatic heterocycles. The van der Waals surface area contributed by atoms with Crippen molar-refractivity contribution in [2.75, 3.05) is 33.7 Å². The largest absolute Gasteiger partial charge is 0.306 e. The molecule has 0 saturated carbocycles. The van der Waals surface area contributed by atoms with E-state index >= 15 is 0 Å². The molecule has 0 aliphatic carbocycles. The van der Waals surface area contributed by atoms with Crippen LogP contribution in [0, 0.1) is 0 Å². The molecule has 0 radical (unpaired) electrons. The fourth-order valence-corrected chi connectivity index (χ4v) is 2.58. The standard InChI is InChI=1S/C16H29N5/c1-16(2,3)18-11-13-7-8-17-15(19-13)14-12-20(4)9-6-10-21(14)5/h7-8,14,18H,6,9-12H2,1-5H3. The van der Waals surface area contributed by atoms with Crippen molar-refractivity contribution in [3.8, 4) is 0 Å². The van der Waals surface area contributed by atoms with Crippen LogP contribution in [0.25, 0.3) is 0 Å². The Morgan fingerprint density at radius 3 is 2.76 bits per heavy atom. The summed E-state index contributed by atoms with van der Waals surface area (Å²) in [4.78, 5) is 14.1. The number of rotatable bonds is 3. The lowest BCUT2D eigenvalue weighted by molar-refractivity contribution is 0.219. The second-order valence-corrected chi connectivity index (χ2v) is 7.12. The highest BCUT2D eigenvalue weighted by Gasteiger charge is 2.24. The quantitative estimate of drug-likeness (QED) is 0.918. The van der Waals surface area contributed by atoms with Gasteiger partial charge in [0.25, 0.3) is 0 Å². The third-order valence-corrected chi connectivity index (χ3v) is 3.90. The minimum atomic E-state index is 0.102. The molecular weight excluding hydrogens is 262 g/mol. The summed E-state index contributed by atoms with van der Waals surface area (Å²) in [6.45, 7) is 10.5. The molecule has 0 bridgehead atoms. The van der Waals surface area contributed by atoms with Gasteiger partial charge in [0.15, 0.2) is 0 Å². The molecule has 2 heterocycles. The number of nitrogens with one attached hydrogen (secondary N) is 1. The second kappa shape index (κ2) is 6.81. The first-order valence-electron chi connectivity index (χ1n) is 7.81. The van der Waals surface area contributed by atoms with Gasteiger partial charge >= 0.3 is 0 Å². The first-order valence-corrected chi connectivity index (χ1v) is 7.81. The Kier molecular flexibility index (Phi) is 5.30. The second-order valence-electron chi connectivity index (χ2n) is 7.12. The average molecular weight is 291 g/mol. The summed E-state index contributed by atoms with van der Waals surface area (Å²) in [5.41, 5.74) is 1.17. The number of aromatic nitrogens is 2. The summed E-state index contributed by atoms with van der Waals surface area (Å²) in [5.74, 6) is 0.944. The van der Waals surface area contributed by atoms with Crippen LogP contribution in [0.2, 0.25) is 0 Å². The molecule has 21 heavy (non-hydrogen) atoms. The SMILES string of the molecule is CN1CCCN(C)C(c2nccc(CNC(C)(C)C)n2)C1. The van der Waals surface area contributed by atoms with Gasteiger partial charge in [-0.3, -0.25) is 4.90 Å². The van der Waals surface area contributed by atoms with Crippen molar-refractivity contribution in [2.45, 2.75) is 45.3 Å². The van der Waals surface area contributed by atoms with Crippen molar-refractivity contribution in [3.05, 3.63) is 23.8 Å². The van der Waals surface area contributed by atoms with Crippen LogP contribution in [-0.2, 0) is 6.54 Å². The van der Waals surface area contributed by atoms with Crippen LogP contribution >= 0.6 is 0 Å².